The number of ether oxygens (including phenoxy) is 2. The van der Waals surface area contributed by atoms with Crippen molar-refractivity contribution in [1.29, 1.82) is 0 Å². The average molecular weight is 470 g/mol. The predicted molar refractivity (Wildman–Crippen MR) is 118 cm³/mol. The first kappa shape index (κ1) is 24.1. The molecular formula is C24H34F3N3O3. The second-order valence-corrected chi connectivity index (χ2v) is 9.69. The van der Waals surface area contributed by atoms with E-state index in [1.807, 2.05) is 19.2 Å². The first-order chi connectivity index (χ1) is 15.8. The summed E-state index contributed by atoms with van der Waals surface area (Å²) in [7, 11) is 1.83. The Morgan fingerprint density at radius 3 is 2.55 bits per heavy atom. The summed E-state index contributed by atoms with van der Waals surface area (Å²) in [5, 5.41) is 6.17. The van der Waals surface area contributed by atoms with Crippen LogP contribution in [0.3, 0.4) is 0 Å². The molecule has 0 aromatic carbocycles. The molecule has 0 saturated heterocycles. The third-order valence-electron chi connectivity index (χ3n) is 7.55. The Morgan fingerprint density at radius 1 is 1.06 bits per heavy atom. The van der Waals surface area contributed by atoms with Gasteiger partial charge in [-0.05, 0) is 75.7 Å². The van der Waals surface area contributed by atoms with Gasteiger partial charge in [0.2, 0.25) is 5.91 Å². The number of hydrogen-bond acceptors (Lipinski definition) is 5. The number of carbonyl (C=O) groups excluding carboxylic acids is 1. The number of alkyl halides is 3. The quantitative estimate of drug-likeness (QED) is 0.610. The molecule has 3 saturated carbocycles. The minimum Gasteiger partial charge on any atom is -0.490 e. The van der Waals surface area contributed by atoms with Crippen LogP contribution in [-0.2, 0) is 9.53 Å². The minimum absolute atomic E-state index is 0.00864. The second kappa shape index (κ2) is 10.5. The minimum atomic E-state index is -4.59. The summed E-state index contributed by atoms with van der Waals surface area (Å²) in [5.74, 6) is 2.48. The molecular weight excluding hydrogens is 435 g/mol. The van der Waals surface area contributed by atoms with Gasteiger partial charge in [0.15, 0.2) is 0 Å². The smallest absolute Gasteiger partial charge is 0.490 e. The number of amides is 1. The molecule has 0 aliphatic heterocycles. The third-order valence-corrected chi connectivity index (χ3v) is 7.55. The molecule has 184 valence electrons. The van der Waals surface area contributed by atoms with Crippen LogP contribution in [0.5, 0.6) is 5.75 Å². The molecule has 6 nitrogen and oxygen atoms in total. The van der Waals surface area contributed by atoms with Gasteiger partial charge in [-0.25, -0.2) is 4.98 Å². The molecule has 0 radical (unpaired) electrons. The summed E-state index contributed by atoms with van der Waals surface area (Å²) < 4.78 is 47.7. The number of rotatable bonds is 6. The SMILES string of the molecule is CNc1cc(OC2CCC3C(CCCC3C(=O)NC3CCC(OC(F)(F)F)CC3)C2)ccn1. The molecule has 1 aromatic rings. The van der Waals surface area contributed by atoms with Crippen LogP contribution in [0.15, 0.2) is 18.3 Å². The zero-order valence-corrected chi connectivity index (χ0v) is 19.1. The van der Waals surface area contributed by atoms with Crippen LogP contribution in [0.2, 0.25) is 0 Å². The lowest BCUT2D eigenvalue weighted by Crippen LogP contribution is -2.47. The molecule has 0 bridgehead atoms. The van der Waals surface area contributed by atoms with E-state index in [9.17, 15) is 18.0 Å². The first-order valence-corrected chi connectivity index (χ1v) is 12.2. The van der Waals surface area contributed by atoms with E-state index >= 15 is 0 Å². The summed E-state index contributed by atoms with van der Waals surface area (Å²) in [6.45, 7) is 0. The Morgan fingerprint density at radius 2 is 1.82 bits per heavy atom. The first-order valence-electron chi connectivity index (χ1n) is 12.2. The number of carbonyl (C=O) groups is 1. The van der Waals surface area contributed by atoms with E-state index in [0.29, 0.717) is 37.5 Å². The fraction of sp³-hybridized carbons (Fsp3) is 0.750. The number of nitrogens with zero attached hydrogens (tertiary/aromatic N) is 1. The van der Waals surface area contributed by atoms with Crippen molar-refractivity contribution in [3.05, 3.63) is 18.3 Å². The third kappa shape index (κ3) is 6.52. The highest BCUT2D eigenvalue weighted by molar-refractivity contribution is 5.79. The summed E-state index contributed by atoms with van der Waals surface area (Å²) in [6.07, 6.45) is 4.06. The zero-order valence-electron chi connectivity index (χ0n) is 19.1. The van der Waals surface area contributed by atoms with Gasteiger partial charge in [-0.3, -0.25) is 9.53 Å². The van der Waals surface area contributed by atoms with Gasteiger partial charge < -0.3 is 15.4 Å². The Balaban J connectivity index is 1.27. The topological polar surface area (TPSA) is 72.5 Å². The van der Waals surface area contributed by atoms with Gasteiger partial charge in [0.25, 0.3) is 0 Å². The molecule has 4 unspecified atom stereocenters. The van der Waals surface area contributed by atoms with E-state index in [1.165, 1.54) is 0 Å². The number of nitrogens with one attached hydrogen (secondary N) is 2. The summed E-state index contributed by atoms with van der Waals surface area (Å²) in [4.78, 5) is 17.3. The van der Waals surface area contributed by atoms with E-state index in [0.717, 1.165) is 50.1 Å². The van der Waals surface area contributed by atoms with Crippen molar-refractivity contribution in [2.24, 2.45) is 17.8 Å². The molecule has 9 heteroatoms. The summed E-state index contributed by atoms with van der Waals surface area (Å²) in [5.41, 5.74) is 0. The Bertz CT molecular complexity index is 799. The van der Waals surface area contributed by atoms with E-state index < -0.39 is 12.5 Å². The van der Waals surface area contributed by atoms with Crippen LogP contribution in [0.4, 0.5) is 19.0 Å². The Labute approximate surface area is 193 Å². The number of anilines is 1. The maximum absolute atomic E-state index is 13.1. The van der Waals surface area contributed by atoms with Crippen molar-refractivity contribution in [2.45, 2.75) is 88.8 Å². The van der Waals surface area contributed by atoms with E-state index in [-0.39, 0.29) is 24.0 Å². The van der Waals surface area contributed by atoms with Crippen molar-refractivity contribution in [2.75, 3.05) is 12.4 Å². The lowest BCUT2D eigenvalue weighted by Gasteiger charge is -2.43. The molecule has 0 spiro atoms. The van der Waals surface area contributed by atoms with E-state index in [4.69, 9.17) is 4.74 Å². The van der Waals surface area contributed by atoms with Gasteiger partial charge in [-0.1, -0.05) is 6.42 Å². The van der Waals surface area contributed by atoms with Crippen molar-refractivity contribution in [1.82, 2.24) is 10.3 Å². The number of pyridine rings is 1. The molecule has 33 heavy (non-hydrogen) atoms. The van der Waals surface area contributed by atoms with Gasteiger partial charge in [0.05, 0.1) is 12.2 Å². The van der Waals surface area contributed by atoms with Crippen molar-refractivity contribution in [3.63, 3.8) is 0 Å². The normalized spacial score (nSPS) is 32.5. The van der Waals surface area contributed by atoms with E-state index in [2.05, 4.69) is 20.4 Å². The number of fused-ring (bicyclic) bond motifs is 1. The second-order valence-electron chi connectivity index (χ2n) is 9.69. The molecule has 4 atom stereocenters. The Hall–Kier alpha value is -2.03. The average Bonchev–Trinajstić information content (AvgIpc) is 2.79. The Kier molecular flexibility index (Phi) is 7.66. The van der Waals surface area contributed by atoms with Crippen molar-refractivity contribution < 1.29 is 27.4 Å². The van der Waals surface area contributed by atoms with Gasteiger partial charge >= 0.3 is 6.36 Å². The molecule has 3 aliphatic rings. The highest BCUT2D eigenvalue weighted by Gasteiger charge is 2.42. The maximum atomic E-state index is 13.1. The van der Waals surface area contributed by atoms with Crippen molar-refractivity contribution in [3.8, 4) is 5.75 Å². The zero-order chi connectivity index (χ0) is 23.4. The molecule has 1 aromatic heterocycles. The van der Waals surface area contributed by atoms with Crippen LogP contribution in [0, 0.1) is 17.8 Å². The number of halogens is 3. The fourth-order valence-corrected chi connectivity index (χ4v) is 5.99. The summed E-state index contributed by atoms with van der Waals surface area (Å²) in [6, 6.07) is 3.72. The highest BCUT2D eigenvalue weighted by atomic mass is 19.4. The molecule has 3 aliphatic carbocycles. The van der Waals surface area contributed by atoms with Crippen LogP contribution < -0.4 is 15.4 Å². The van der Waals surface area contributed by atoms with Crippen LogP contribution >= 0.6 is 0 Å². The molecule has 1 amide bonds. The van der Waals surface area contributed by atoms with E-state index in [1.54, 1.807) is 6.20 Å². The van der Waals surface area contributed by atoms with Gasteiger partial charge in [-0.15, -0.1) is 13.2 Å². The monoisotopic (exact) mass is 469 g/mol. The van der Waals surface area contributed by atoms with Crippen LogP contribution in [-0.4, -0.2) is 42.6 Å². The standard InChI is InChI=1S/C24H34F3N3O3/c1-28-22-14-19(11-12-29-22)32-18-9-10-20-15(13-18)3-2-4-21(20)23(31)30-16-5-7-17(8-6-16)33-24(25,26)27/h11-12,14-18,20-21H,2-10,13H2,1H3,(H,28,29)(H,30,31). The van der Waals surface area contributed by atoms with Gasteiger partial charge in [-0.2, -0.15) is 0 Å². The maximum Gasteiger partial charge on any atom is 0.522 e. The van der Waals surface area contributed by atoms with Gasteiger partial charge in [0.1, 0.15) is 11.6 Å². The molecule has 2 N–H and O–H groups in total. The van der Waals surface area contributed by atoms with Crippen molar-refractivity contribution >= 4 is 11.7 Å². The fourth-order valence-electron chi connectivity index (χ4n) is 5.99. The van der Waals surface area contributed by atoms with Gasteiger partial charge in [0, 0.05) is 31.3 Å². The number of hydrogen-bond donors (Lipinski definition) is 2. The lowest BCUT2D eigenvalue weighted by molar-refractivity contribution is -0.345. The predicted octanol–water partition coefficient (Wildman–Crippen LogP) is 5.05. The lowest BCUT2D eigenvalue weighted by atomic mass is 9.64. The molecule has 1 heterocycles. The van der Waals surface area contributed by atoms with Crippen LogP contribution in [0.25, 0.3) is 0 Å². The van der Waals surface area contributed by atoms with Crippen LogP contribution in [0.1, 0.15) is 64.2 Å². The molecule has 3 fully saturated rings. The highest BCUT2D eigenvalue weighted by Crippen LogP contribution is 2.45. The molecule has 4 rings (SSSR count). The largest absolute Gasteiger partial charge is 0.522 e. The summed E-state index contributed by atoms with van der Waals surface area (Å²) >= 11 is 0. The number of aromatic nitrogens is 1.